The molecule has 1 aliphatic rings. The molecule has 1 aromatic carbocycles. The van der Waals surface area contributed by atoms with Crippen LogP contribution < -0.4 is 15.4 Å². The van der Waals surface area contributed by atoms with Gasteiger partial charge in [0.1, 0.15) is 5.75 Å². The molecule has 0 saturated carbocycles. The van der Waals surface area contributed by atoms with Gasteiger partial charge in [0.2, 0.25) is 5.91 Å². The van der Waals surface area contributed by atoms with E-state index in [2.05, 4.69) is 10.6 Å². The van der Waals surface area contributed by atoms with Crippen LogP contribution in [-0.4, -0.2) is 44.5 Å². The number of alkyl halides is 3. The number of nitrogens with one attached hydrogen (secondary N) is 2. The van der Waals surface area contributed by atoms with Gasteiger partial charge in [-0.2, -0.15) is 13.2 Å². The number of hydrogen-bond donors (Lipinski definition) is 2. The number of ether oxygens (including phenoxy) is 2. The Hall–Kier alpha value is -1.80. The van der Waals surface area contributed by atoms with E-state index in [1.165, 1.54) is 6.07 Å². The van der Waals surface area contributed by atoms with Crippen LogP contribution in [0.15, 0.2) is 18.2 Å². The molecular formula is C16H21F3N2O3. The molecule has 0 aromatic heterocycles. The van der Waals surface area contributed by atoms with Crippen LogP contribution in [0, 0.1) is 6.92 Å². The first kappa shape index (κ1) is 18.5. The van der Waals surface area contributed by atoms with Gasteiger partial charge in [-0.3, -0.25) is 4.79 Å². The summed E-state index contributed by atoms with van der Waals surface area (Å²) in [5.41, 5.74) is 1.28. The third kappa shape index (κ3) is 5.38. The molecule has 0 unspecified atom stereocenters. The second-order valence-electron chi connectivity index (χ2n) is 5.79. The Labute approximate surface area is 138 Å². The average Bonchev–Trinajstić information content (AvgIpc) is 3.00. The van der Waals surface area contributed by atoms with Crippen molar-refractivity contribution >= 4 is 5.91 Å². The van der Waals surface area contributed by atoms with E-state index < -0.39 is 12.8 Å². The summed E-state index contributed by atoms with van der Waals surface area (Å²) in [4.78, 5) is 12.1. The zero-order chi connectivity index (χ0) is 17.7. The highest BCUT2D eigenvalue weighted by molar-refractivity contribution is 5.82. The molecule has 0 spiro atoms. The van der Waals surface area contributed by atoms with Crippen LogP contribution in [0.25, 0.3) is 0 Å². The van der Waals surface area contributed by atoms with Crippen LogP contribution in [0.5, 0.6) is 5.75 Å². The summed E-state index contributed by atoms with van der Waals surface area (Å²) >= 11 is 0. The quantitative estimate of drug-likeness (QED) is 0.826. The van der Waals surface area contributed by atoms with E-state index in [9.17, 15) is 18.0 Å². The summed E-state index contributed by atoms with van der Waals surface area (Å²) < 4.78 is 47.1. The van der Waals surface area contributed by atoms with Crippen molar-refractivity contribution in [1.29, 1.82) is 0 Å². The number of amides is 1. The van der Waals surface area contributed by atoms with E-state index in [0.717, 1.165) is 5.56 Å². The van der Waals surface area contributed by atoms with Gasteiger partial charge in [0.25, 0.3) is 0 Å². The third-order valence-electron chi connectivity index (χ3n) is 3.81. The lowest BCUT2D eigenvalue weighted by Crippen LogP contribution is -2.40. The molecule has 1 heterocycles. The minimum absolute atomic E-state index is 0.00851. The predicted octanol–water partition coefficient (Wildman–Crippen LogP) is 1.93. The number of benzene rings is 1. The largest absolute Gasteiger partial charge is 0.484 e. The molecule has 1 fully saturated rings. The first-order chi connectivity index (χ1) is 11.3. The number of carbonyl (C=O) groups is 1. The summed E-state index contributed by atoms with van der Waals surface area (Å²) in [6, 6.07) is 4.58. The zero-order valence-corrected chi connectivity index (χ0v) is 13.6. The molecule has 1 saturated heterocycles. The lowest BCUT2D eigenvalue weighted by atomic mass is 10.1. The molecule has 1 aromatic rings. The average molecular weight is 346 g/mol. The van der Waals surface area contributed by atoms with Gasteiger partial charge in [-0.05, 0) is 25.0 Å². The molecule has 134 valence electrons. The summed E-state index contributed by atoms with van der Waals surface area (Å²) in [6.07, 6.45) is -3.85. The maximum Gasteiger partial charge on any atom is 0.422 e. The van der Waals surface area contributed by atoms with Gasteiger partial charge in [-0.15, -0.1) is 0 Å². The summed E-state index contributed by atoms with van der Waals surface area (Å²) in [5, 5.41) is 5.77. The Bertz CT molecular complexity index is 578. The Morgan fingerprint density at radius 1 is 1.42 bits per heavy atom. The lowest BCUT2D eigenvalue weighted by Gasteiger charge is -2.16. The van der Waals surface area contributed by atoms with Crippen LogP contribution >= 0.6 is 0 Å². The maximum atomic E-state index is 12.3. The number of aryl methyl sites for hydroxylation is 1. The first-order valence-corrected chi connectivity index (χ1v) is 7.61. The van der Waals surface area contributed by atoms with Crippen molar-refractivity contribution in [3.63, 3.8) is 0 Å². The summed E-state index contributed by atoms with van der Waals surface area (Å²) in [6.45, 7) is 1.09. The maximum absolute atomic E-state index is 12.3. The van der Waals surface area contributed by atoms with Crippen molar-refractivity contribution in [1.82, 2.24) is 10.6 Å². The van der Waals surface area contributed by atoms with Gasteiger partial charge in [0.15, 0.2) is 6.61 Å². The first-order valence-electron chi connectivity index (χ1n) is 7.61. The molecule has 0 radical (unpaired) electrons. The SMILES string of the molecule is CO[C@@H]1CN[C@H](C(=O)NCc2ccc(C)cc2OCC(F)(F)F)C1. The van der Waals surface area contributed by atoms with Crippen molar-refractivity contribution in [2.45, 2.75) is 38.2 Å². The minimum atomic E-state index is -4.41. The van der Waals surface area contributed by atoms with Crippen LogP contribution in [0.2, 0.25) is 0 Å². The highest BCUT2D eigenvalue weighted by Gasteiger charge is 2.30. The summed E-state index contributed by atoms with van der Waals surface area (Å²) in [7, 11) is 1.59. The highest BCUT2D eigenvalue weighted by Crippen LogP contribution is 2.24. The van der Waals surface area contributed by atoms with E-state index in [-0.39, 0.29) is 30.3 Å². The molecular weight excluding hydrogens is 325 g/mol. The van der Waals surface area contributed by atoms with Crippen LogP contribution in [0.1, 0.15) is 17.5 Å². The van der Waals surface area contributed by atoms with Crippen molar-refractivity contribution in [2.24, 2.45) is 0 Å². The number of methoxy groups -OCH3 is 1. The summed E-state index contributed by atoms with van der Waals surface area (Å²) in [5.74, 6) is -0.0846. The Morgan fingerprint density at radius 3 is 2.79 bits per heavy atom. The van der Waals surface area contributed by atoms with Gasteiger partial charge in [0, 0.05) is 25.8 Å². The normalized spacial score (nSPS) is 20.9. The Kier molecular flexibility index (Phi) is 6.06. The van der Waals surface area contributed by atoms with Gasteiger partial charge in [-0.25, -0.2) is 0 Å². The fraction of sp³-hybridized carbons (Fsp3) is 0.562. The molecule has 8 heteroatoms. The van der Waals surface area contributed by atoms with E-state index >= 15 is 0 Å². The zero-order valence-electron chi connectivity index (χ0n) is 13.6. The Morgan fingerprint density at radius 2 is 2.17 bits per heavy atom. The van der Waals surface area contributed by atoms with Gasteiger partial charge in [-0.1, -0.05) is 12.1 Å². The van der Waals surface area contributed by atoms with Crippen LogP contribution in [0.3, 0.4) is 0 Å². The lowest BCUT2D eigenvalue weighted by molar-refractivity contribution is -0.153. The van der Waals surface area contributed by atoms with E-state index in [0.29, 0.717) is 18.5 Å². The molecule has 1 aliphatic heterocycles. The molecule has 1 amide bonds. The van der Waals surface area contributed by atoms with Crippen LogP contribution in [0.4, 0.5) is 13.2 Å². The van der Waals surface area contributed by atoms with Crippen molar-refractivity contribution in [2.75, 3.05) is 20.3 Å². The van der Waals surface area contributed by atoms with Gasteiger partial charge < -0.3 is 20.1 Å². The molecule has 5 nitrogen and oxygen atoms in total. The topological polar surface area (TPSA) is 59.6 Å². The molecule has 2 N–H and O–H groups in total. The van der Waals surface area contributed by atoms with E-state index in [1.807, 2.05) is 0 Å². The van der Waals surface area contributed by atoms with Gasteiger partial charge >= 0.3 is 6.18 Å². The number of rotatable bonds is 6. The Balaban J connectivity index is 1.95. The van der Waals surface area contributed by atoms with Crippen LogP contribution in [-0.2, 0) is 16.1 Å². The minimum Gasteiger partial charge on any atom is -0.484 e. The molecule has 2 rings (SSSR count). The second-order valence-corrected chi connectivity index (χ2v) is 5.79. The van der Waals surface area contributed by atoms with E-state index in [4.69, 9.17) is 9.47 Å². The third-order valence-corrected chi connectivity index (χ3v) is 3.81. The number of carbonyl (C=O) groups excluding carboxylic acids is 1. The number of hydrogen-bond acceptors (Lipinski definition) is 4. The molecule has 2 atom stereocenters. The van der Waals surface area contributed by atoms with Gasteiger partial charge in [0.05, 0.1) is 12.1 Å². The fourth-order valence-electron chi connectivity index (χ4n) is 2.49. The fourth-order valence-corrected chi connectivity index (χ4v) is 2.49. The number of halogens is 3. The highest BCUT2D eigenvalue weighted by atomic mass is 19.4. The smallest absolute Gasteiger partial charge is 0.422 e. The molecule has 24 heavy (non-hydrogen) atoms. The predicted molar refractivity (Wildman–Crippen MR) is 81.8 cm³/mol. The van der Waals surface area contributed by atoms with E-state index in [1.54, 1.807) is 26.2 Å². The second kappa shape index (κ2) is 7.85. The monoisotopic (exact) mass is 346 g/mol. The van der Waals surface area contributed by atoms with Crippen molar-refractivity contribution < 1.29 is 27.4 Å². The standard InChI is InChI=1S/C16H21F3N2O3/c1-10-3-4-11(14(5-10)24-9-16(17,18)19)7-21-15(22)13-6-12(23-2)8-20-13/h3-5,12-13,20H,6-9H2,1-2H3,(H,21,22)/t12-,13-/m0/s1. The molecule has 0 aliphatic carbocycles. The van der Waals surface area contributed by atoms with Crippen molar-refractivity contribution in [3.8, 4) is 5.75 Å². The molecule has 0 bridgehead atoms. The van der Waals surface area contributed by atoms with Crippen molar-refractivity contribution in [3.05, 3.63) is 29.3 Å².